The van der Waals surface area contributed by atoms with E-state index in [1.807, 2.05) is 0 Å². The summed E-state index contributed by atoms with van der Waals surface area (Å²) in [5, 5.41) is 3.36. The van der Waals surface area contributed by atoms with Crippen molar-refractivity contribution < 1.29 is 4.74 Å². The average molecular weight is 177 g/mol. The lowest BCUT2D eigenvalue weighted by Crippen LogP contribution is -2.39. The highest BCUT2D eigenvalue weighted by Crippen LogP contribution is 2.33. The van der Waals surface area contributed by atoms with E-state index >= 15 is 0 Å². The number of benzene rings is 1. The first-order valence-electron chi connectivity index (χ1n) is 4.60. The van der Waals surface area contributed by atoms with Crippen LogP contribution < -0.4 is 10.1 Å². The van der Waals surface area contributed by atoms with Crippen LogP contribution in [0.1, 0.15) is 19.4 Å². The Balaban J connectivity index is 2.38. The van der Waals surface area contributed by atoms with Crippen LogP contribution in [0.4, 0.5) is 5.69 Å². The molecule has 0 spiro atoms. The Bertz CT molecular complexity index is 331. The molecule has 1 heterocycles. The van der Waals surface area contributed by atoms with E-state index in [-0.39, 0.29) is 5.60 Å². The Morgan fingerprint density at radius 1 is 1.38 bits per heavy atom. The molecule has 0 aliphatic carbocycles. The summed E-state index contributed by atoms with van der Waals surface area (Å²) in [7, 11) is 0. The molecule has 0 unspecified atom stereocenters. The summed E-state index contributed by atoms with van der Waals surface area (Å²) in [6.07, 6.45) is 0. The van der Waals surface area contributed by atoms with Crippen molar-refractivity contribution in [3.05, 3.63) is 23.8 Å². The first kappa shape index (κ1) is 8.42. The van der Waals surface area contributed by atoms with Crippen molar-refractivity contribution in [3.8, 4) is 5.75 Å². The van der Waals surface area contributed by atoms with Gasteiger partial charge in [-0.1, -0.05) is 6.07 Å². The molecule has 0 amide bonds. The SMILES string of the molecule is Cc1ccc2c(c1)OC(C)(C)CN2. The summed E-state index contributed by atoms with van der Waals surface area (Å²) in [4.78, 5) is 0. The van der Waals surface area contributed by atoms with E-state index in [0.29, 0.717) is 0 Å². The topological polar surface area (TPSA) is 21.3 Å². The predicted octanol–water partition coefficient (Wildman–Crippen LogP) is 2.58. The lowest BCUT2D eigenvalue weighted by atomic mass is 10.1. The van der Waals surface area contributed by atoms with Gasteiger partial charge >= 0.3 is 0 Å². The molecule has 1 aromatic rings. The number of hydrogen-bond acceptors (Lipinski definition) is 2. The standard InChI is InChI=1S/C11H15NO/c1-8-4-5-9-10(6-8)13-11(2,3)7-12-9/h4-6,12H,7H2,1-3H3. The van der Waals surface area contributed by atoms with Crippen LogP contribution in [-0.2, 0) is 0 Å². The van der Waals surface area contributed by atoms with Gasteiger partial charge in [0.25, 0.3) is 0 Å². The van der Waals surface area contributed by atoms with Crippen LogP contribution in [0.15, 0.2) is 18.2 Å². The van der Waals surface area contributed by atoms with E-state index in [0.717, 1.165) is 18.0 Å². The fourth-order valence-corrected chi connectivity index (χ4v) is 1.50. The zero-order chi connectivity index (χ0) is 9.47. The lowest BCUT2D eigenvalue weighted by molar-refractivity contribution is 0.116. The van der Waals surface area contributed by atoms with Crippen molar-refractivity contribution >= 4 is 5.69 Å². The summed E-state index contributed by atoms with van der Waals surface area (Å²) in [5.74, 6) is 0.969. The third-order valence-electron chi connectivity index (χ3n) is 2.23. The van der Waals surface area contributed by atoms with E-state index in [9.17, 15) is 0 Å². The highest BCUT2D eigenvalue weighted by Gasteiger charge is 2.25. The van der Waals surface area contributed by atoms with Crippen molar-refractivity contribution in [1.82, 2.24) is 0 Å². The average Bonchev–Trinajstić information content (AvgIpc) is 2.01. The molecule has 1 aromatic carbocycles. The van der Waals surface area contributed by atoms with Gasteiger partial charge in [-0.3, -0.25) is 0 Å². The van der Waals surface area contributed by atoms with Crippen molar-refractivity contribution in [3.63, 3.8) is 0 Å². The van der Waals surface area contributed by atoms with Crippen molar-refractivity contribution in [1.29, 1.82) is 0 Å². The van der Waals surface area contributed by atoms with Gasteiger partial charge in [-0.15, -0.1) is 0 Å². The molecule has 0 saturated carbocycles. The van der Waals surface area contributed by atoms with Crippen LogP contribution in [0.3, 0.4) is 0 Å². The number of aryl methyl sites for hydroxylation is 1. The fraction of sp³-hybridized carbons (Fsp3) is 0.455. The second-order valence-electron chi connectivity index (χ2n) is 4.21. The van der Waals surface area contributed by atoms with Crippen LogP contribution >= 0.6 is 0 Å². The summed E-state index contributed by atoms with van der Waals surface area (Å²) in [6.45, 7) is 7.12. The molecule has 13 heavy (non-hydrogen) atoms. The molecule has 0 atom stereocenters. The maximum atomic E-state index is 5.84. The van der Waals surface area contributed by atoms with Crippen molar-refractivity contribution in [2.75, 3.05) is 11.9 Å². The molecule has 2 nitrogen and oxygen atoms in total. The minimum Gasteiger partial charge on any atom is -0.484 e. The predicted molar refractivity (Wildman–Crippen MR) is 54.4 cm³/mol. The Morgan fingerprint density at radius 2 is 2.15 bits per heavy atom. The highest BCUT2D eigenvalue weighted by atomic mass is 16.5. The number of rotatable bonds is 0. The molecule has 2 heteroatoms. The Hall–Kier alpha value is -1.18. The molecule has 1 aliphatic heterocycles. The normalized spacial score (nSPS) is 18.4. The summed E-state index contributed by atoms with van der Waals surface area (Å²) < 4.78 is 5.84. The van der Waals surface area contributed by atoms with E-state index in [4.69, 9.17) is 4.74 Å². The second-order valence-corrected chi connectivity index (χ2v) is 4.21. The van der Waals surface area contributed by atoms with Gasteiger partial charge in [0.15, 0.2) is 0 Å². The van der Waals surface area contributed by atoms with Gasteiger partial charge in [-0.05, 0) is 38.5 Å². The van der Waals surface area contributed by atoms with Gasteiger partial charge in [-0.25, -0.2) is 0 Å². The minimum absolute atomic E-state index is 0.0964. The number of ether oxygens (including phenoxy) is 1. The van der Waals surface area contributed by atoms with Gasteiger partial charge in [0.1, 0.15) is 11.4 Å². The van der Waals surface area contributed by atoms with E-state index in [2.05, 4.69) is 44.3 Å². The molecule has 1 N–H and O–H groups in total. The Morgan fingerprint density at radius 3 is 2.92 bits per heavy atom. The minimum atomic E-state index is -0.0964. The highest BCUT2D eigenvalue weighted by molar-refractivity contribution is 5.59. The quantitative estimate of drug-likeness (QED) is 0.657. The molecule has 0 radical (unpaired) electrons. The molecule has 1 aliphatic rings. The summed E-state index contributed by atoms with van der Waals surface area (Å²) in [6, 6.07) is 6.23. The van der Waals surface area contributed by atoms with Crippen LogP contribution in [0.25, 0.3) is 0 Å². The van der Waals surface area contributed by atoms with Gasteiger partial charge in [0, 0.05) is 0 Å². The largest absolute Gasteiger partial charge is 0.484 e. The molecule has 0 fully saturated rings. The number of fused-ring (bicyclic) bond motifs is 1. The Labute approximate surface area is 78.9 Å². The molecular weight excluding hydrogens is 162 g/mol. The third kappa shape index (κ3) is 1.62. The summed E-state index contributed by atoms with van der Waals surface area (Å²) in [5.41, 5.74) is 2.24. The van der Waals surface area contributed by atoms with Gasteiger partial charge in [0.05, 0.1) is 12.2 Å². The molecule has 0 bridgehead atoms. The third-order valence-corrected chi connectivity index (χ3v) is 2.23. The summed E-state index contributed by atoms with van der Waals surface area (Å²) >= 11 is 0. The molecular formula is C11H15NO. The van der Waals surface area contributed by atoms with E-state index in [1.165, 1.54) is 5.56 Å². The maximum Gasteiger partial charge on any atom is 0.143 e. The van der Waals surface area contributed by atoms with Crippen LogP contribution in [0.5, 0.6) is 5.75 Å². The zero-order valence-corrected chi connectivity index (χ0v) is 8.35. The Kier molecular flexibility index (Phi) is 1.72. The van der Waals surface area contributed by atoms with Crippen LogP contribution in [0.2, 0.25) is 0 Å². The number of hydrogen-bond donors (Lipinski definition) is 1. The van der Waals surface area contributed by atoms with Gasteiger partial charge < -0.3 is 10.1 Å². The van der Waals surface area contributed by atoms with Crippen molar-refractivity contribution in [2.45, 2.75) is 26.4 Å². The number of nitrogens with one attached hydrogen (secondary N) is 1. The van der Waals surface area contributed by atoms with Gasteiger partial charge in [0.2, 0.25) is 0 Å². The molecule has 2 rings (SSSR count). The fourth-order valence-electron chi connectivity index (χ4n) is 1.50. The maximum absolute atomic E-state index is 5.84. The second kappa shape index (κ2) is 2.66. The smallest absolute Gasteiger partial charge is 0.143 e. The lowest BCUT2D eigenvalue weighted by Gasteiger charge is -2.33. The number of anilines is 1. The zero-order valence-electron chi connectivity index (χ0n) is 8.35. The van der Waals surface area contributed by atoms with E-state index < -0.39 is 0 Å². The molecule has 0 saturated heterocycles. The van der Waals surface area contributed by atoms with Crippen molar-refractivity contribution in [2.24, 2.45) is 0 Å². The first-order valence-corrected chi connectivity index (χ1v) is 4.60. The van der Waals surface area contributed by atoms with Crippen LogP contribution in [-0.4, -0.2) is 12.1 Å². The van der Waals surface area contributed by atoms with Crippen LogP contribution in [0, 0.1) is 6.92 Å². The monoisotopic (exact) mass is 177 g/mol. The molecule has 70 valence electrons. The molecule has 0 aromatic heterocycles. The van der Waals surface area contributed by atoms with Gasteiger partial charge in [-0.2, -0.15) is 0 Å². The van der Waals surface area contributed by atoms with E-state index in [1.54, 1.807) is 0 Å². The first-order chi connectivity index (χ1) is 6.07.